The molecule has 2 aromatic heterocycles. The first-order chi connectivity index (χ1) is 11.7. The van der Waals surface area contributed by atoms with Gasteiger partial charge in [0.25, 0.3) is 5.89 Å². The molecule has 1 aromatic carbocycles. The van der Waals surface area contributed by atoms with Crippen molar-refractivity contribution >= 4 is 22.9 Å². The Hall–Kier alpha value is -1.76. The summed E-state index contributed by atoms with van der Waals surface area (Å²) >= 11 is 7.62. The van der Waals surface area contributed by atoms with Crippen LogP contribution in [0.25, 0.3) is 10.8 Å². The molecule has 124 valence electrons. The van der Waals surface area contributed by atoms with Crippen LogP contribution < -0.4 is 0 Å². The molecule has 0 unspecified atom stereocenters. The maximum Gasteiger partial charge on any atom is 0.259 e. The van der Waals surface area contributed by atoms with E-state index in [-0.39, 0.29) is 6.04 Å². The molecular weight excluding hydrogens is 344 g/mol. The van der Waals surface area contributed by atoms with Gasteiger partial charge in [0.05, 0.1) is 17.2 Å². The number of aryl methyl sites for hydroxylation is 1. The first kappa shape index (κ1) is 15.7. The minimum absolute atomic E-state index is 0.165. The lowest BCUT2D eigenvalue weighted by atomic mass is 10.2. The minimum atomic E-state index is 0.165. The van der Waals surface area contributed by atoms with Gasteiger partial charge in [-0.25, -0.2) is 4.98 Å². The molecule has 1 atom stereocenters. The van der Waals surface area contributed by atoms with E-state index in [9.17, 15) is 0 Å². The average molecular weight is 361 g/mol. The molecule has 0 bridgehead atoms. The maximum atomic E-state index is 6.09. The summed E-state index contributed by atoms with van der Waals surface area (Å²) in [5, 5.41) is 9.29. The molecule has 0 radical (unpaired) electrons. The van der Waals surface area contributed by atoms with Crippen molar-refractivity contribution in [3.63, 3.8) is 0 Å². The Kier molecular flexibility index (Phi) is 4.35. The number of hydrogen-bond acceptors (Lipinski definition) is 6. The second-order valence-corrected chi connectivity index (χ2v) is 7.26. The van der Waals surface area contributed by atoms with Gasteiger partial charge in [-0.1, -0.05) is 23.7 Å². The molecule has 5 nitrogen and oxygen atoms in total. The summed E-state index contributed by atoms with van der Waals surface area (Å²) in [7, 11) is 0. The largest absolute Gasteiger partial charge is 0.418 e. The Morgan fingerprint density at radius 2 is 2.29 bits per heavy atom. The first-order valence-electron chi connectivity index (χ1n) is 7.93. The van der Waals surface area contributed by atoms with Gasteiger partial charge in [0.1, 0.15) is 4.88 Å². The van der Waals surface area contributed by atoms with E-state index in [0.717, 1.165) is 41.5 Å². The van der Waals surface area contributed by atoms with Crippen LogP contribution in [0, 0.1) is 6.92 Å². The summed E-state index contributed by atoms with van der Waals surface area (Å²) in [4.78, 5) is 7.58. The van der Waals surface area contributed by atoms with E-state index in [2.05, 4.69) is 26.1 Å². The van der Waals surface area contributed by atoms with Crippen LogP contribution in [0.2, 0.25) is 5.02 Å². The lowest BCUT2D eigenvalue weighted by molar-refractivity contribution is 0.215. The summed E-state index contributed by atoms with van der Waals surface area (Å²) in [5.74, 6) is 1.26. The molecule has 4 rings (SSSR count). The summed E-state index contributed by atoms with van der Waals surface area (Å²) < 4.78 is 5.96. The highest BCUT2D eigenvalue weighted by atomic mass is 35.5. The Morgan fingerprint density at radius 3 is 3.08 bits per heavy atom. The second kappa shape index (κ2) is 6.63. The van der Waals surface area contributed by atoms with Crippen LogP contribution in [-0.4, -0.2) is 26.6 Å². The number of aromatic nitrogens is 3. The first-order valence-corrected chi connectivity index (χ1v) is 9.19. The van der Waals surface area contributed by atoms with Crippen molar-refractivity contribution in [2.24, 2.45) is 0 Å². The van der Waals surface area contributed by atoms with Crippen molar-refractivity contribution in [3.8, 4) is 10.8 Å². The fraction of sp³-hybridized carbons (Fsp3) is 0.353. The van der Waals surface area contributed by atoms with Gasteiger partial charge in [0, 0.05) is 11.6 Å². The fourth-order valence-corrected chi connectivity index (χ4v) is 4.07. The lowest BCUT2D eigenvalue weighted by Crippen LogP contribution is -2.23. The quantitative estimate of drug-likeness (QED) is 0.686. The SMILES string of the molecule is Cc1ncsc1-c1nnc([C@@H]2CCCN2Cc2cccc(Cl)c2)o1. The standard InChI is InChI=1S/C17H17ClN4OS/c1-11-15(24-10-19-11)17-21-20-16(23-17)14-6-3-7-22(14)9-12-4-2-5-13(18)8-12/h2,4-5,8,10,14H,3,6-7,9H2,1H3/t14-/m0/s1. The lowest BCUT2D eigenvalue weighted by Gasteiger charge is -2.21. The summed E-state index contributed by atoms with van der Waals surface area (Å²) in [6.45, 7) is 3.81. The highest BCUT2D eigenvalue weighted by molar-refractivity contribution is 7.13. The number of thiazole rings is 1. The van der Waals surface area contributed by atoms with Crippen LogP contribution in [0.15, 0.2) is 34.2 Å². The Balaban J connectivity index is 1.55. The molecule has 24 heavy (non-hydrogen) atoms. The third kappa shape index (κ3) is 3.09. The van der Waals surface area contributed by atoms with E-state index in [1.807, 2.05) is 25.1 Å². The van der Waals surface area contributed by atoms with Gasteiger partial charge >= 0.3 is 0 Å². The van der Waals surface area contributed by atoms with Crippen molar-refractivity contribution in [1.29, 1.82) is 0 Å². The second-order valence-electron chi connectivity index (χ2n) is 5.97. The van der Waals surface area contributed by atoms with Crippen LogP contribution in [0.1, 0.15) is 36.0 Å². The van der Waals surface area contributed by atoms with Crippen molar-refractivity contribution < 1.29 is 4.42 Å². The predicted octanol–water partition coefficient (Wildman–Crippen LogP) is 4.49. The predicted molar refractivity (Wildman–Crippen MR) is 94.0 cm³/mol. The molecule has 3 aromatic rings. The van der Waals surface area contributed by atoms with Crippen LogP contribution >= 0.6 is 22.9 Å². The summed E-state index contributed by atoms with van der Waals surface area (Å²) in [6, 6.07) is 8.16. The topological polar surface area (TPSA) is 55.1 Å². The Bertz CT molecular complexity index is 846. The number of hydrogen-bond donors (Lipinski definition) is 0. The molecule has 1 fully saturated rings. The number of halogens is 1. The molecule has 0 spiro atoms. The van der Waals surface area contributed by atoms with Gasteiger partial charge in [-0.3, -0.25) is 4.90 Å². The van der Waals surface area contributed by atoms with Gasteiger partial charge in [-0.15, -0.1) is 21.5 Å². The maximum absolute atomic E-state index is 6.09. The molecule has 1 aliphatic rings. The summed E-state index contributed by atoms with van der Waals surface area (Å²) in [6.07, 6.45) is 2.16. The average Bonchev–Trinajstić information content (AvgIpc) is 3.27. The zero-order valence-corrected chi connectivity index (χ0v) is 14.8. The van der Waals surface area contributed by atoms with E-state index >= 15 is 0 Å². The molecule has 0 amide bonds. The van der Waals surface area contributed by atoms with Crippen molar-refractivity contribution in [2.45, 2.75) is 32.4 Å². The zero-order valence-electron chi connectivity index (χ0n) is 13.3. The van der Waals surface area contributed by atoms with E-state index in [0.29, 0.717) is 11.8 Å². The molecular formula is C17H17ClN4OS. The van der Waals surface area contributed by atoms with Crippen LogP contribution in [-0.2, 0) is 6.54 Å². The Labute approximate surface area is 149 Å². The molecule has 0 N–H and O–H groups in total. The molecule has 0 aliphatic carbocycles. The van der Waals surface area contributed by atoms with Crippen LogP contribution in [0.3, 0.4) is 0 Å². The third-order valence-electron chi connectivity index (χ3n) is 4.30. The van der Waals surface area contributed by atoms with Gasteiger partial charge in [-0.05, 0) is 44.0 Å². The van der Waals surface area contributed by atoms with Gasteiger partial charge in [0.2, 0.25) is 5.89 Å². The smallest absolute Gasteiger partial charge is 0.259 e. The molecule has 1 saturated heterocycles. The number of rotatable bonds is 4. The highest BCUT2D eigenvalue weighted by Crippen LogP contribution is 2.35. The van der Waals surface area contributed by atoms with Crippen molar-refractivity contribution in [2.75, 3.05) is 6.54 Å². The number of nitrogens with zero attached hydrogens (tertiary/aromatic N) is 4. The summed E-state index contributed by atoms with van der Waals surface area (Å²) in [5.41, 5.74) is 3.93. The third-order valence-corrected chi connectivity index (χ3v) is 5.46. The number of likely N-dealkylation sites (tertiary alicyclic amines) is 1. The van der Waals surface area contributed by atoms with E-state index in [1.54, 1.807) is 5.51 Å². The highest BCUT2D eigenvalue weighted by Gasteiger charge is 2.31. The normalized spacial score (nSPS) is 18.3. The van der Waals surface area contributed by atoms with Crippen LogP contribution in [0.5, 0.6) is 0 Å². The van der Waals surface area contributed by atoms with Gasteiger partial charge in [-0.2, -0.15) is 0 Å². The fourth-order valence-electron chi connectivity index (χ4n) is 3.13. The van der Waals surface area contributed by atoms with Crippen LogP contribution in [0.4, 0.5) is 0 Å². The van der Waals surface area contributed by atoms with E-state index < -0.39 is 0 Å². The number of benzene rings is 1. The van der Waals surface area contributed by atoms with Gasteiger partial charge in [0.15, 0.2) is 0 Å². The zero-order chi connectivity index (χ0) is 16.5. The monoisotopic (exact) mass is 360 g/mol. The van der Waals surface area contributed by atoms with Crippen molar-refractivity contribution in [1.82, 2.24) is 20.1 Å². The van der Waals surface area contributed by atoms with E-state index in [1.165, 1.54) is 16.9 Å². The Morgan fingerprint density at radius 1 is 1.38 bits per heavy atom. The van der Waals surface area contributed by atoms with Gasteiger partial charge < -0.3 is 4.42 Å². The van der Waals surface area contributed by atoms with E-state index in [4.69, 9.17) is 16.0 Å². The molecule has 3 heterocycles. The van der Waals surface area contributed by atoms with Crippen molar-refractivity contribution in [3.05, 3.63) is 51.9 Å². The molecule has 1 aliphatic heterocycles. The molecule has 7 heteroatoms. The molecule has 0 saturated carbocycles. The minimum Gasteiger partial charge on any atom is -0.418 e.